The van der Waals surface area contributed by atoms with Gasteiger partial charge in [-0.25, -0.2) is 8.42 Å². The Hall–Kier alpha value is -2.81. The summed E-state index contributed by atoms with van der Waals surface area (Å²) in [5.74, 6) is 0.0615. The number of ether oxygens (including phenoxy) is 1. The number of rotatable bonds is 7. The molecule has 3 aromatic rings. The number of nitrogens with one attached hydrogen (secondary N) is 1. The molecule has 1 aliphatic heterocycles. The number of sulfonamides is 1. The van der Waals surface area contributed by atoms with E-state index in [1.165, 1.54) is 4.31 Å². The molecule has 8 heteroatoms. The maximum Gasteiger partial charge on any atom is 0.243 e. The predicted molar refractivity (Wildman–Crippen MR) is 135 cm³/mol. The van der Waals surface area contributed by atoms with Crippen molar-refractivity contribution in [3.05, 3.63) is 78.4 Å². The monoisotopic (exact) mass is 496 g/mol. The van der Waals surface area contributed by atoms with Gasteiger partial charge in [0.05, 0.1) is 23.6 Å². The third-order valence-electron chi connectivity index (χ3n) is 5.87. The smallest absolute Gasteiger partial charge is 0.243 e. The molecule has 3 aromatic carbocycles. The lowest BCUT2D eigenvalue weighted by atomic mass is 9.99. The van der Waals surface area contributed by atoms with Gasteiger partial charge in [0, 0.05) is 22.9 Å². The van der Waals surface area contributed by atoms with Crippen LogP contribution in [0, 0.1) is 12.8 Å². The summed E-state index contributed by atoms with van der Waals surface area (Å²) in [7, 11) is -2.15. The predicted octanol–water partition coefficient (Wildman–Crippen LogP) is 5.19. The van der Waals surface area contributed by atoms with Gasteiger partial charge in [0.1, 0.15) is 5.75 Å². The molecule has 0 bridgehead atoms. The first-order valence-corrected chi connectivity index (χ1v) is 13.4. The largest absolute Gasteiger partial charge is 0.496 e. The molecule has 1 fully saturated rings. The Morgan fingerprint density at radius 2 is 1.79 bits per heavy atom. The first-order chi connectivity index (χ1) is 16.4. The van der Waals surface area contributed by atoms with E-state index in [1.54, 1.807) is 37.1 Å². The molecule has 1 atom stereocenters. The van der Waals surface area contributed by atoms with Crippen LogP contribution in [0.5, 0.6) is 5.75 Å². The molecule has 0 aromatic heterocycles. The number of hydrogen-bond donors (Lipinski definition) is 1. The Morgan fingerprint density at radius 1 is 1.06 bits per heavy atom. The number of amides is 1. The van der Waals surface area contributed by atoms with Crippen molar-refractivity contribution in [2.45, 2.75) is 34.5 Å². The molecule has 34 heavy (non-hydrogen) atoms. The lowest BCUT2D eigenvalue weighted by molar-refractivity contribution is -0.120. The van der Waals surface area contributed by atoms with Crippen molar-refractivity contribution < 1.29 is 17.9 Å². The van der Waals surface area contributed by atoms with Gasteiger partial charge in [0.15, 0.2) is 0 Å². The van der Waals surface area contributed by atoms with Crippen LogP contribution >= 0.6 is 11.8 Å². The molecular weight excluding hydrogens is 468 g/mol. The van der Waals surface area contributed by atoms with Crippen LogP contribution in [-0.2, 0) is 14.8 Å². The number of anilines is 1. The third-order valence-corrected chi connectivity index (χ3v) is 8.82. The Kier molecular flexibility index (Phi) is 7.60. The van der Waals surface area contributed by atoms with Crippen LogP contribution in [0.25, 0.3) is 0 Å². The summed E-state index contributed by atoms with van der Waals surface area (Å²) in [4.78, 5) is 15.4. The number of methoxy groups -OCH3 is 1. The summed E-state index contributed by atoms with van der Waals surface area (Å²) in [5.41, 5.74) is 1.48. The molecule has 1 saturated heterocycles. The second kappa shape index (κ2) is 10.6. The van der Waals surface area contributed by atoms with Gasteiger partial charge < -0.3 is 10.1 Å². The molecule has 1 amide bonds. The number of benzene rings is 3. The van der Waals surface area contributed by atoms with Gasteiger partial charge >= 0.3 is 0 Å². The zero-order valence-electron chi connectivity index (χ0n) is 19.2. The number of piperidine rings is 1. The Morgan fingerprint density at radius 3 is 2.53 bits per heavy atom. The standard InChI is InChI=1S/C26H28N2O4S2/c1-19-17-22(14-15-24(19)32-2)34(30,31)28-16-8-9-20(18-28)26(29)27-23-12-6-7-13-25(23)33-21-10-4-3-5-11-21/h3-7,10-15,17,20H,8-9,16,18H2,1-2H3,(H,27,29)/t20-/m0/s1. The van der Waals surface area contributed by atoms with Gasteiger partial charge in [-0.3, -0.25) is 4.79 Å². The topological polar surface area (TPSA) is 75.7 Å². The fourth-order valence-electron chi connectivity index (χ4n) is 4.04. The van der Waals surface area contributed by atoms with Gasteiger partial charge in [0.2, 0.25) is 15.9 Å². The van der Waals surface area contributed by atoms with Crippen LogP contribution in [-0.4, -0.2) is 38.8 Å². The summed E-state index contributed by atoms with van der Waals surface area (Å²) in [5, 5.41) is 3.04. The van der Waals surface area contributed by atoms with Gasteiger partial charge in [-0.1, -0.05) is 42.1 Å². The van der Waals surface area contributed by atoms with Crippen LogP contribution in [0.4, 0.5) is 5.69 Å². The fourth-order valence-corrected chi connectivity index (χ4v) is 6.58. The van der Waals surface area contributed by atoms with Crippen molar-refractivity contribution in [1.29, 1.82) is 0 Å². The minimum Gasteiger partial charge on any atom is -0.496 e. The molecule has 178 valence electrons. The zero-order chi connectivity index (χ0) is 24.1. The van der Waals surface area contributed by atoms with E-state index in [-0.39, 0.29) is 17.3 Å². The molecule has 6 nitrogen and oxygen atoms in total. The number of aryl methyl sites for hydroxylation is 1. The fraction of sp³-hybridized carbons (Fsp3) is 0.269. The SMILES string of the molecule is COc1ccc(S(=O)(=O)N2CCC[C@H](C(=O)Nc3ccccc3Sc3ccccc3)C2)cc1C. The van der Waals surface area contributed by atoms with Gasteiger partial charge in [0.25, 0.3) is 0 Å². The number of nitrogens with zero attached hydrogens (tertiary/aromatic N) is 1. The van der Waals surface area contributed by atoms with Crippen molar-refractivity contribution in [3.63, 3.8) is 0 Å². The van der Waals surface area contributed by atoms with E-state index in [0.29, 0.717) is 25.1 Å². The highest BCUT2D eigenvalue weighted by molar-refractivity contribution is 7.99. The van der Waals surface area contributed by atoms with Crippen molar-refractivity contribution >= 4 is 33.4 Å². The second-order valence-electron chi connectivity index (χ2n) is 8.23. The quantitative estimate of drug-likeness (QED) is 0.487. The summed E-state index contributed by atoms with van der Waals surface area (Å²) >= 11 is 1.58. The average molecular weight is 497 g/mol. The molecule has 0 spiro atoms. The first kappa shape index (κ1) is 24.3. The van der Waals surface area contributed by atoms with Crippen molar-refractivity contribution in [2.24, 2.45) is 5.92 Å². The van der Waals surface area contributed by atoms with E-state index in [2.05, 4.69) is 5.32 Å². The Bertz CT molecular complexity index is 1260. The van der Waals surface area contributed by atoms with Crippen molar-refractivity contribution in [3.8, 4) is 5.75 Å². The van der Waals surface area contributed by atoms with E-state index in [1.807, 2.05) is 61.5 Å². The Balaban J connectivity index is 1.48. The highest BCUT2D eigenvalue weighted by Crippen LogP contribution is 2.34. The molecule has 0 radical (unpaired) electrons. The van der Waals surface area contributed by atoms with Crippen LogP contribution < -0.4 is 10.1 Å². The molecule has 1 N–H and O–H groups in total. The van der Waals surface area contributed by atoms with Crippen LogP contribution in [0.2, 0.25) is 0 Å². The van der Waals surface area contributed by atoms with E-state index in [0.717, 1.165) is 21.0 Å². The van der Waals surface area contributed by atoms with Crippen molar-refractivity contribution in [2.75, 3.05) is 25.5 Å². The summed E-state index contributed by atoms with van der Waals surface area (Å²) in [6.07, 6.45) is 1.28. The van der Waals surface area contributed by atoms with Crippen molar-refractivity contribution in [1.82, 2.24) is 4.31 Å². The molecule has 0 aliphatic carbocycles. The van der Waals surface area contributed by atoms with Crippen LogP contribution in [0.3, 0.4) is 0 Å². The molecule has 0 unspecified atom stereocenters. The highest BCUT2D eigenvalue weighted by atomic mass is 32.2. The highest BCUT2D eigenvalue weighted by Gasteiger charge is 2.33. The minimum atomic E-state index is -3.70. The molecule has 1 heterocycles. The van der Waals surface area contributed by atoms with Gasteiger partial charge in [-0.05, 0) is 67.8 Å². The van der Waals surface area contributed by atoms with E-state index in [9.17, 15) is 13.2 Å². The minimum absolute atomic E-state index is 0.160. The van der Waals surface area contributed by atoms with Crippen LogP contribution in [0.1, 0.15) is 18.4 Å². The summed E-state index contributed by atoms with van der Waals surface area (Å²) < 4.78 is 33.2. The van der Waals surface area contributed by atoms with E-state index >= 15 is 0 Å². The molecule has 0 saturated carbocycles. The van der Waals surface area contributed by atoms with Crippen LogP contribution in [0.15, 0.2) is 87.5 Å². The molecular formula is C26H28N2O4S2. The Labute approximate surface area is 205 Å². The average Bonchev–Trinajstić information content (AvgIpc) is 2.86. The maximum atomic E-state index is 13.3. The molecule has 1 aliphatic rings. The number of para-hydroxylation sites is 1. The number of carbonyl (C=O) groups excluding carboxylic acids is 1. The lowest BCUT2D eigenvalue weighted by Gasteiger charge is -2.31. The maximum absolute atomic E-state index is 13.3. The van der Waals surface area contributed by atoms with E-state index in [4.69, 9.17) is 4.74 Å². The van der Waals surface area contributed by atoms with Gasteiger partial charge in [-0.15, -0.1) is 0 Å². The number of hydrogen-bond acceptors (Lipinski definition) is 5. The molecule has 4 rings (SSSR count). The third kappa shape index (κ3) is 5.46. The second-order valence-corrected chi connectivity index (χ2v) is 11.3. The zero-order valence-corrected chi connectivity index (χ0v) is 20.9. The lowest BCUT2D eigenvalue weighted by Crippen LogP contribution is -2.43. The number of carbonyl (C=O) groups is 1. The summed E-state index contributed by atoms with van der Waals surface area (Å²) in [6.45, 7) is 2.38. The first-order valence-electron chi connectivity index (χ1n) is 11.2. The van der Waals surface area contributed by atoms with Gasteiger partial charge in [-0.2, -0.15) is 4.31 Å². The summed E-state index contributed by atoms with van der Waals surface area (Å²) in [6, 6.07) is 22.5. The van der Waals surface area contributed by atoms with E-state index < -0.39 is 15.9 Å². The normalized spacial score (nSPS) is 16.7.